The molecule has 31 heavy (non-hydrogen) atoms. The Labute approximate surface area is 174 Å². The molecule has 0 aliphatic carbocycles. The van der Waals surface area contributed by atoms with Crippen LogP contribution in [0.25, 0.3) is 0 Å². The monoisotopic (exact) mass is 431 g/mol. The zero-order valence-electron chi connectivity index (χ0n) is 16.1. The second-order valence-corrected chi connectivity index (χ2v) is 6.24. The minimum Gasteiger partial charge on any atom is -0.454 e. The van der Waals surface area contributed by atoms with Crippen molar-refractivity contribution in [3.63, 3.8) is 0 Å². The molecule has 9 nitrogen and oxygen atoms in total. The van der Waals surface area contributed by atoms with Crippen LogP contribution in [0.2, 0.25) is 0 Å². The number of benzene rings is 2. The predicted octanol–water partition coefficient (Wildman–Crippen LogP) is 3.85. The van der Waals surface area contributed by atoms with E-state index < -0.39 is 11.7 Å². The highest BCUT2D eigenvalue weighted by Crippen LogP contribution is 2.32. The third-order valence-electron chi connectivity index (χ3n) is 4.08. The molecule has 0 atom stereocenters. The number of alkyl halides is 3. The van der Waals surface area contributed by atoms with Crippen LogP contribution in [0.1, 0.15) is 11.1 Å². The van der Waals surface area contributed by atoms with Gasteiger partial charge < -0.3 is 20.1 Å². The lowest BCUT2D eigenvalue weighted by Gasteiger charge is -2.11. The molecule has 12 heteroatoms. The summed E-state index contributed by atoms with van der Waals surface area (Å²) in [7, 11) is 1.60. The Morgan fingerprint density at radius 3 is 2.55 bits per heavy atom. The van der Waals surface area contributed by atoms with Crippen LogP contribution >= 0.6 is 0 Å². The lowest BCUT2D eigenvalue weighted by molar-refractivity contribution is -0.137. The van der Waals surface area contributed by atoms with E-state index in [2.05, 4.69) is 36.1 Å². The first-order valence-corrected chi connectivity index (χ1v) is 8.97. The maximum Gasteiger partial charge on any atom is 0.416 e. The second kappa shape index (κ2) is 8.34. The fourth-order valence-electron chi connectivity index (χ4n) is 2.65. The van der Waals surface area contributed by atoms with Crippen molar-refractivity contribution in [2.45, 2.75) is 6.18 Å². The molecule has 2 aromatic carbocycles. The summed E-state index contributed by atoms with van der Waals surface area (Å²) in [6.07, 6.45) is -2.92. The van der Waals surface area contributed by atoms with Crippen molar-refractivity contribution in [1.29, 1.82) is 0 Å². The SMILES string of the molecule is CNc1nc(N/N=C\c2ccc3c(c2)OCO3)nc(Nc2cccc(C(F)(F)F)c2)n1. The highest BCUT2D eigenvalue weighted by Gasteiger charge is 2.30. The van der Waals surface area contributed by atoms with Crippen molar-refractivity contribution in [3.8, 4) is 11.5 Å². The number of fused-ring (bicyclic) bond motifs is 1. The molecule has 2 heterocycles. The Bertz CT molecular complexity index is 1120. The van der Waals surface area contributed by atoms with Gasteiger partial charge in [0.05, 0.1) is 11.8 Å². The van der Waals surface area contributed by atoms with Crippen LogP contribution in [-0.2, 0) is 6.18 Å². The molecule has 0 bridgehead atoms. The summed E-state index contributed by atoms with van der Waals surface area (Å²) in [6.45, 7) is 0.174. The predicted molar refractivity (Wildman–Crippen MR) is 108 cm³/mol. The molecule has 160 valence electrons. The average Bonchev–Trinajstić information content (AvgIpc) is 3.21. The number of hydrazone groups is 1. The van der Waals surface area contributed by atoms with Gasteiger partial charge in [-0.15, -0.1) is 0 Å². The second-order valence-electron chi connectivity index (χ2n) is 6.24. The summed E-state index contributed by atoms with van der Waals surface area (Å²) < 4.78 is 49.3. The fraction of sp³-hybridized carbons (Fsp3) is 0.158. The molecule has 0 unspecified atom stereocenters. The van der Waals surface area contributed by atoms with E-state index in [1.807, 2.05) is 0 Å². The van der Waals surface area contributed by atoms with Crippen molar-refractivity contribution in [3.05, 3.63) is 53.6 Å². The number of aromatic nitrogens is 3. The van der Waals surface area contributed by atoms with Crippen molar-refractivity contribution >= 4 is 29.7 Å². The van der Waals surface area contributed by atoms with Crippen LogP contribution in [0, 0.1) is 0 Å². The molecule has 1 aromatic heterocycles. The number of hydrogen-bond donors (Lipinski definition) is 3. The van der Waals surface area contributed by atoms with Gasteiger partial charge in [0.1, 0.15) is 0 Å². The minimum absolute atomic E-state index is 0.0412. The molecule has 4 rings (SSSR count). The van der Waals surface area contributed by atoms with E-state index in [1.54, 1.807) is 25.2 Å². The molecule has 0 amide bonds. The van der Waals surface area contributed by atoms with Crippen LogP contribution < -0.4 is 25.5 Å². The van der Waals surface area contributed by atoms with Gasteiger partial charge in [-0.25, -0.2) is 5.43 Å². The molecule has 3 aromatic rings. The summed E-state index contributed by atoms with van der Waals surface area (Å²) in [5, 5.41) is 9.58. The van der Waals surface area contributed by atoms with Crippen molar-refractivity contribution < 1.29 is 22.6 Å². The molecule has 0 radical (unpaired) electrons. The van der Waals surface area contributed by atoms with Crippen molar-refractivity contribution in [1.82, 2.24) is 15.0 Å². The summed E-state index contributed by atoms with van der Waals surface area (Å²) in [4.78, 5) is 12.3. The van der Waals surface area contributed by atoms with E-state index >= 15 is 0 Å². The molecule has 0 fully saturated rings. The van der Waals surface area contributed by atoms with Gasteiger partial charge in [-0.2, -0.15) is 33.2 Å². The maximum atomic E-state index is 12.9. The van der Waals surface area contributed by atoms with Crippen molar-refractivity contribution in [2.24, 2.45) is 5.10 Å². The number of nitrogens with zero attached hydrogens (tertiary/aromatic N) is 4. The molecule has 0 saturated carbocycles. The standard InChI is InChI=1S/C19H16F3N7O2/c1-23-16-26-17(25-13-4-2-3-12(8-13)19(20,21)22)28-18(27-16)29-24-9-11-5-6-14-15(7-11)31-10-30-14/h2-9H,10H2,1H3,(H3,23,25,26,27,28,29)/b24-9-. The summed E-state index contributed by atoms with van der Waals surface area (Å²) in [5.41, 5.74) is 2.82. The molecule has 1 aliphatic rings. The van der Waals surface area contributed by atoms with Crippen molar-refractivity contribution in [2.75, 3.05) is 29.9 Å². The minimum atomic E-state index is -4.46. The van der Waals surface area contributed by atoms with E-state index in [0.29, 0.717) is 11.5 Å². The number of nitrogens with one attached hydrogen (secondary N) is 3. The van der Waals surface area contributed by atoms with E-state index in [9.17, 15) is 13.2 Å². The van der Waals surface area contributed by atoms with E-state index in [1.165, 1.54) is 18.3 Å². The Morgan fingerprint density at radius 1 is 0.968 bits per heavy atom. The number of ether oxygens (including phenoxy) is 2. The topological polar surface area (TPSA) is 106 Å². The molecular formula is C19H16F3N7O2. The molecule has 0 spiro atoms. The third kappa shape index (κ3) is 4.91. The van der Waals surface area contributed by atoms with Crippen LogP contribution in [0.5, 0.6) is 11.5 Å². The number of rotatable bonds is 6. The van der Waals surface area contributed by atoms with Gasteiger partial charge >= 0.3 is 6.18 Å². The molecule has 1 aliphatic heterocycles. The first kappa shape index (κ1) is 20.2. The van der Waals surface area contributed by atoms with Crippen LogP contribution in [0.4, 0.5) is 36.7 Å². The highest BCUT2D eigenvalue weighted by molar-refractivity contribution is 5.81. The number of anilines is 4. The van der Waals surface area contributed by atoms with Gasteiger partial charge in [0.25, 0.3) is 0 Å². The zero-order valence-corrected chi connectivity index (χ0v) is 16.1. The lowest BCUT2D eigenvalue weighted by Crippen LogP contribution is -2.08. The van der Waals surface area contributed by atoms with E-state index in [4.69, 9.17) is 9.47 Å². The summed E-state index contributed by atoms with van der Waals surface area (Å²) >= 11 is 0. The van der Waals surface area contributed by atoms with Crippen LogP contribution in [0.3, 0.4) is 0 Å². The highest BCUT2D eigenvalue weighted by atomic mass is 19.4. The van der Waals surface area contributed by atoms with Crippen LogP contribution in [0.15, 0.2) is 47.6 Å². The largest absolute Gasteiger partial charge is 0.454 e. The van der Waals surface area contributed by atoms with Gasteiger partial charge in [0.2, 0.25) is 24.6 Å². The van der Waals surface area contributed by atoms with Gasteiger partial charge in [0.15, 0.2) is 11.5 Å². The van der Waals surface area contributed by atoms with E-state index in [-0.39, 0.29) is 30.3 Å². The Morgan fingerprint density at radius 2 is 1.74 bits per heavy atom. The Kier molecular flexibility index (Phi) is 5.43. The molecule has 3 N–H and O–H groups in total. The summed E-state index contributed by atoms with van der Waals surface area (Å²) in [6, 6.07) is 10.0. The van der Waals surface area contributed by atoms with Gasteiger partial charge in [-0.05, 0) is 42.0 Å². The number of halogens is 3. The lowest BCUT2D eigenvalue weighted by atomic mass is 10.2. The zero-order chi connectivity index (χ0) is 21.8. The Hall–Kier alpha value is -4.09. The summed E-state index contributed by atoms with van der Waals surface area (Å²) in [5.74, 6) is 1.61. The first-order valence-electron chi connectivity index (χ1n) is 8.97. The van der Waals surface area contributed by atoms with E-state index in [0.717, 1.165) is 17.7 Å². The third-order valence-corrected chi connectivity index (χ3v) is 4.08. The van der Waals surface area contributed by atoms with Crippen LogP contribution in [-0.4, -0.2) is 35.0 Å². The van der Waals surface area contributed by atoms with Gasteiger partial charge in [-0.1, -0.05) is 6.07 Å². The average molecular weight is 431 g/mol. The van der Waals surface area contributed by atoms with Gasteiger partial charge in [0, 0.05) is 12.7 Å². The first-order chi connectivity index (χ1) is 14.9. The number of hydrogen-bond acceptors (Lipinski definition) is 9. The molecule has 0 saturated heterocycles. The molecular weight excluding hydrogens is 415 g/mol. The smallest absolute Gasteiger partial charge is 0.416 e. The Balaban J connectivity index is 1.50. The maximum absolute atomic E-state index is 12.9. The quantitative estimate of drug-likeness (QED) is 0.399. The van der Waals surface area contributed by atoms with Gasteiger partial charge in [-0.3, -0.25) is 0 Å². The normalized spacial score (nSPS) is 12.8. The fourth-order valence-corrected chi connectivity index (χ4v) is 2.65.